The fraction of sp³-hybridized carbons (Fsp3) is 0.533. The van der Waals surface area contributed by atoms with E-state index in [2.05, 4.69) is 30.8 Å². The second-order valence-electron chi connectivity index (χ2n) is 4.91. The molecule has 0 aliphatic rings. The molecule has 0 aromatic heterocycles. The van der Waals surface area contributed by atoms with Crippen LogP contribution in [0.25, 0.3) is 0 Å². The Morgan fingerprint density at radius 2 is 1.89 bits per heavy atom. The molecule has 0 aliphatic carbocycles. The van der Waals surface area contributed by atoms with E-state index in [9.17, 15) is 0 Å². The number of nitrogens with two attached hydrogens (primary N) is 1. The molecule has 1 rings (SSSR count). The molecule has 0 heterocycles. The highest BCUT2D eigenvalue weighted by Gasteiger charge is 2.01. The zero-order valence-corrected chi connectivity index (χ0v) is 11.8. The Balaban J connectivity index is 2.25. The van der Waals surface area contributed by atoms with E-state index >= 15 is 0 Å². The van der Waals surface area contributed by atoms with Gasteiger partial charge in [0.15, 0.2) is 0 Å². The van der Waals surface area contributed by atoms with E-state index in [-0.39, 0.29) is 0 Å². The normalized spacial score (nSPS) is 12.4. The Kier molecular flexibility index (Phi) is 6.44. The van der Waals surface area contributed by atoms with Crippen LogP contribution < -0.4 is 5.73 Å². The predicted molar refractivity (Wildman–Crippen MR) is 79.0 cm³/mol. The summed E-state index contributed by atoms with van der Waals surface area (Å²) in [7, 11) is 2.16. The second kappa shape index (κ2) is 7.88. The van der Waals surface area contributed by atoms with Crippen molar-refractivity contribution in [1.29, 1.82) is 0 Å². The molecule has 0 saturated heterocycles. The lowest BCUT2D eigenvalue weighted by Gasteiger charge is -2.20. The first kappa shape index (κ1) is 14.7. The summed E-state index contributed by atoms with van der Waals surface area (Å²) in [6, 6.07) is 10.5. The summed E-state index contributed by atoms with van der Waals surface area (Å²) < 4.78 is 0. The zero-order chi connectivity index (χ0) is 13.4. The number of aliphatic imine (C=N–C) groups is 1. The Morgan fingerprint density at radius 1 is 1.22 bits per heavy atom. The van der Waals surface area contributed by atoms with Gasteiger partial charge in [-0.2, -0.15) is 0 Å². The fourth-order valence-electron chi connectivity index (χ4n) is 1.63. The molecule has 0 unspecified atom stereocenters. The molecule has 0 saturated carbocycles. The van der Waals surface area contributed by atoms with Gasteiger partial charge in [-0.05, 0) is 40.3 Å². The summed E-state index contributed by atoms with van der Waals surface area (Å²) in [5.41, 5.74) is 6.94. The number of nitrogens with zero attached hydrogens (tertiary/aromatic N) is 2. The molecule has 0 bridgehead atoms. The van der Waals surface area contributed by atoms with Gasteiger partial charge in [-0.1, -0.05) is 30.3 Å². The average Bonchev–Trinajstić information content (AvgIpc) is 2.38. The molecule has 3 heteroatoms. The molecule has 18 heavy (non-hydrogen) atoms. The van der Waals surface area contributed by atoms with Crippen LogP contribution >= 0.6 is 0 Å². The van der Waals surface area contributed by atoms with Crippen molar-refractivity contribution in [3.8, 4) is 0 Å². The zero-order valence-electron chi connectivity index (χ0n) is 11.8. The van der Waals surface area contributed by atoms with Crippen LogP contribution in [0.15, 0.2) is 35.3 Å². The van der Waals surface area contributed by atoms with Crippen molar-refractivity contribution >= 4 is 5.84 Å². The van der Waals surface area contributed by atoms with Gasteiger partial charge in [0.1, 0.15) is 5.84 Å². The third-order valence-electron chi connectivity index (χ3n) is 3.15. The number of rotatable bonds is 7. The van der Waals surface area contributed by atoms with Crippen molar-refractivity contribution < 1.29 is 0 Å². The largest absolute Gasteiger partial charge is 0.384 e. The van der Waals surface area contributed by atoms with Crippen molar-refractivity contribution in [2.24, 2.45) is 10.7 Å². The summed E-state index contributed by atoms with van der Waals surface area (Å²) in [4.78, 5) is 6.76. The van der Waals surface area contributed by atoms with Gasteiger partial charge in [-0.25, -0.2) is 0 Å². The summed E-state index contributed by atoms with van der Waals surface area (Å²) in [6.07, 6.45) is 2.25. The van der Waals surface area contributed by atoms with Crippen LogP contribution in [0, 0.1) is 0 Å². The molecule has 0 spiro atoms. The van der Waals surface area contributed by atoms with Gasteiger partial charge in [0.25, 0.3) is 0 Å². The first-order valence-corrected chi connectivity index (χ1v) is 6.67. The predicted octanol–water partition coefficient (Wildman–Crippen LogP) is 2.51. The third-order valence-corrected chi connectivity index (χ3v) is 3.15. The topological polar surface area (TPSA) is 41.6 Å². The highest BCUT2D eigenvalue weighted by Crippen LogP contribution is 2.00. The van der Waals surface area contributed by atoms with E-state index in [1.807, 2.05) is 30.3 Å². The second-order valence-corrected chi connectivity index (χ2v) is 4.91. The van der Waals surface area contributed by atoms with Crippen LogP contribution in [0.4, 0.5) is 0 Å². The summed E-state index contributed by atoms with van der Waals surface area (Å²) >= 11 is 0. The Bertz CT molecular complexity index is 357. The molecule has 0 fully saturated rings. The maximum absolute atomic E-state index is 5.92. The number of unbranched alkanes of at least 4 members (excludes halogenated alkanes) is 1. The van der Waals surface area contributed by atoms with E-state index in [0.29, 0.717) is 11.9 Å². The van der Waals surface area contributed by atoms with E-state index < -0.39 is 0 Å². The molecule has 2 N–H and O–H groups in total. The Labute approximate surface area is 111 Å². The number of amidine groups is 1. The number of hydrogen-bond donors (Lipinski definition) is 1. The van der Waals surface area contributed by atoms with Crippen LogP contribution in [-0.4, -0.2) is 36.9 Å². The molecule has 1 aromatic rings. The molecule has 0 radical (unpaired) electrons. The van der Waals surface area contributed by atoms with Crippen LogP contribution in [0.2, 0.25) is 0 Å². The quantitative estimate of drug-likeness (QED) is 0.457. The van der Waals surface area contributed by atoms with Gasteiger partial charge in [0.05, 0.1) is 0 Å². The van der Waals surface area contributed by atoms with Crippen molar-refractivity contribution in [2.45, 2.75) is 32.7 Å². The molecule has 3 nitrogen and oxygen atoms in total. The minimum absolute atomic E-state index is 0.614. The summed E-state index contributed by atoms with van der Waals surface area (Å²) in [5, 5.41) is 0. The third kappa shape index (κ3) is 5.32. The molecule has 100 valence electrons. The van der Waals surface area contributed by atoms with Crippen molar-refractivity contribution in [2.75, 3.05) is 20.1 Å². The number of benzene rings is 1. The molecular weight excluding hydrogens is 222 g/mol. The van der Waals surface area contributed by atoms with Crippen LogP contribution in [0.5, 0.6) is 0 Å². The maximum Gasteiger partial charge on any atom is 0.125 e. The van der Waals surface area contributed by atoms with Crippen LogP contribution in [-0.2, 0) is 0 Å². The lowest BCUT2D eigenvalue weighted by atomic mass is 10.2. The first-order chi connectivity index (χ1) is 8.61. The standard InChI is InChI=1S/C15H25N3/c1-13(2)18(3)12-8-7-11-17-15(16)14-9-5-4-6-10-14/h4-6,9-10,13H,7-8,11-12H2,1-3H3,(H2,16,17). The van der Waals surface area contributed by atoms with Crippen molar-refractivity contribution in [1.82, 2.24) is 4.90 Å². The minimum Gasteiger partial charge on any atom is -0.384 e. The minimum atomic E-state index is 0.614. The van der Waals surface area contributed by atoms with E-state index in [1.54, 1.807) is 0 Å². The molecule has 1 aromatic carbocycles. The van der Waals surface area contributed by atoms with Gasteiger partial charge in [0.2, 0.25) is 0 Å². The van der Waals surface area contributed by atoms with E-state index in [0.717, 1.165) is 25.1 Å². The lowest BCUT2D eigenvalue weighted by molar-refractivity contribution is 0.269. The number of hydrogen-bond acceptors (Lipinski definition) is 2. The van der Waals surface area contributed by atoms with Gasteiger partial charge in [-0.3, -0.25) is 4.99 Å². The highest BCUT2D eigenvalue weighted by molar-refractivity contribution is 5.97. The van der Waals surface area contributed by atoms with Gasteiger partial charge >= 0.3 is 0 Å². The van der Waals surface area contributed by atoms with Crippen molar-refractivity contribution in [3.05, 3.63) is 35.9 Å². The smallest absolute Gasteiger partial charge is 0.125 e. The summed E-state index contributed by atoms with van der Waals surface area (Å²) in [5.74, 6) is 0.646. The maximum atomic E-state index is 5.92. The van der Waals surface area contributed by atoms with Crippen LogP contribution in [0.1, 0.15) is 32.3 Å². The lowest BCUT2D eigenvalue weighted by Crippen LogP contribution is -2.27. The van der Waals surface area contributed by atoms with Gasteiger partial charge < -0.3 is 10.6 Å². The van der Waals surface area contributed by atoms with Gasteiger partial charge in [0, 0.05) is 18.2 Å². The van der Waals surface area contributed by atoms with E-state index in [1.165, 1.54) is 6.42 Å². The molecule has 0 atom stereocenters. The SMILES string of the molecule is CC(C)N(C)CCCCN=C(N)c1ccccc1. The Morgan fingerprint density at radius 3 is 2.50 bits per heavy atom. The Hall–Kier alpha value is -1.35. The van der Waals surface area contributed by atoms with E-state index in [4.69, 9.17) is 5.73 Å². The first-order valence-electron chi connectivity index (χ1n) is 6.67. The fourth-order valence-corrected chi connectivity index (χ4v) is 1.63. The molecule has 0 aliphatic heterocycles. The van der Waals surface area contributed by atoms with Crippen LogP contribution in [0.3, 0.4) is 0 Å². The summed E-state index contributed by atoms with van der Waals surface area (Å²) in [6.45, 7) is 6.36. The molecule has 0 amide bonds. The van der Waals surface area contributed by atoms with Gasteiger partial charge in [-0.15, -0.1) is 0 Å². The highest BCUT2D eigenvalue weighted by atomic mass is 15.1. The average molecular weight is 247 g/mol. The van der Waals surface area contributed by atoms with Crippen molar-refractivity contribution in [3.63, 3.8) is 0 Å². The molecular formula is C15H25N3. The monoisotopic (exact) mass is 247 g/mol.